The summed E-state index contributed by atoms with van der Waals surface area (Å²) in [6, 6.07) is 11.6. The highest BCUT2D eigenvalue weighted by atomic mass is 16.7. The van der Waals surface area contributed by atoms with Gasteiger partial charge in [0.25, 0.3) is 0 Å². The van der Waals surface area contributed by atoms with Gasteiger partial charge in [-0.2, -0.15) is 0 Å². The number of carbonyl (C=O) groups excluding carboxylic acids is 1. The molecule has 0 N–H and O–H groups in total. The number of ether oxygens (including phenoxy) is 3. The molecule has 0 radical (unpaired) electrons. The topological polar surface area (TPSA) is 70.5 Å². The zero-order chi connectivity index (χ0) is 22.9. The predicted octanol–water partition coefficient (Wildman–Crippen LogP) is 4.68. The lowest BCUT2D eigenvalue weighted by Gasteiger charge is -2.22. The summed E-state index contributed by atoms with van der Waals surface area (Å²) >= 11 is 0. The minimum atomic E-state index is -0.399. The summed E-state index contributed by atoms with van der Waals surface area (Å²) in [6.45, 7) is 3.60. The average molecular weight is 445 g/mol. The standard InChI is InChI=1S/C27H28N2O4/c1-2-31-27(30)23-18-22(29-25-14-15-28-19-24(23)25)13-12-21-10-8-20(9-11-21)6-5-17-33-26-7-3-4-16-32-26/h8-11,14-15,18-19,26H,2-7,16-17H2,1H3. The van der Waals surface area contributed by atoms with Crippen molar-refractivity contribution in [3.8, 4) is 11.8 Å². The quantitative estimate of drug-likeness (QED) is 0.299. The van der Waals surface area contributed by atoms with E-state index >= 15 is 0 Å². The Morgan fingerprint density at radius 2 is 2.06 bits per heavy atom. The largest absolute Gasteiger partial charge is 0.462 e. The lowest BCUT2D eigenvalue weighted by atomic mass is 10.1. The molecule has 33 heavy (non-hydrogen) atoms. The zero-order valence-corrected chi connectivity index (χ0v) is 18.9. The van der Waals surface area contributed by atoms with E-state index in [0.29, 0.717) is 35.4 Å². The van der Waals surface area contributed by atoms with Crippen LogP contribution < -0.4 is 0 Å². The van der Waals surface area contributed by atoms with Gasteiger partial charge < -0.3 is 14.2 Å². The number of rotatable bonds is 7. The molecule has 0 amide bonds. The number of benzene rings is 1. The maximum atomic E-state index is 12.4. The maximum absolute atomic E-state index is 12.4. The van der Waals surface area contributed by atoms with E-state index in [1.54, 1.807) is 31.5 Å². The van der Waals surface area contributed by atoms with Crippen LogP contribution in [0, 0.1) is 11.8 Å². The molecular formula is C27H28N2O4. The number of hydrogen-bond donors (Lipinski definition) is 0. The van der Waals surface area contributed by atoms with Gasteiger partial charge in [0.1, 0.15) is 5.69 Å². The van der Waals surface area contributed by atoms with E-state index in [1.807, 2.05) is 12.1 Å². The van der Waals surface area contributed by atoms with Crippen LogP contribution in [0.1, 0.15) is 59.8 Å². The second-order valence-electron chi connectivity index (χ2n) is 7.89. The van der Waals surface area contributed by atoms with Crippen LogP contribution in [0.3, 0.4) is 0 Å². The van der Waals surface area contributed by atoms with Crippen LogP contribution in [0.25, 0.3) is 10.9 Å². The van der Waals surface area contributed by atoms with Gasteiger partial charge in [0.05, 0.1) is 24.3 Å². The highest BCUT2D eigenvalue weighted by molar-refractivity contribution is 6.03. The molecule has 0 aliphatic carbocycles. The van der Waals surface area contributed by atoms with E-state index < -0.39 is 5.97 Å². The van der Waals surface area contributed by atoms with Crippen molar-refractivity contribution < 1.29 is 19.0 Å². The van der Waals surface area contributed by atoms with Crippen LogP contribution in [-0.2, 0) is 20.6 Å². The Morgan fingerprint density at radius 3 is 2.85 bits per heavy atom. The molecule has 2 aromatic heterocycles. The Morgan fingerprint density at radius 1 is 1.18 bits per heavy atom. The van der Waals surface area contributed by atoms with Crippen molar-refractivity contribution >= 4 is 16.9 Å². The first-order chi connectivity index (χ1) is 16.2. The molecule has 0 saturated carbocycles. The second kappa shape index (κ2) is 11.6. The molecule has 1 fully saturated rings. The summed E-state index contributed by atoms with van der Waals surface area (Å²) in [5.74, 6) is 5.82. The number of fused-ring (bicyclic) bond motifs is 1. The van der Waals surface area contributed by atoms with Crippen LogP contribution in [0.4, 0.5) is 0 Å². The minimum absolute atomic E-state index is 0.0271. The molecule has 0 spiro atoms. The summed E-state index contributed by atoms with van der Waals surface area (Å²) in [5.41, 5.74) is 3.74. The van der Waals surface area contributed by atoms with Crippen molar-refractivity contribution in [2.24, 2.45) is 0 Å². The first-order valence-corrected chi connectivity index (χ1v) is 11.5. The summed E-state index contributed by atoms with van der Waals surface area (Å²) in [6.07, 6.45) is 8.46. The molecule has 6 nitrogen and oxygen atoms in total. The summed E-state index contributed by atoms with van der Waals surface area (Å²) in [4.78, 5) is 21.0. The normalized spacial score (nSPS) is 15.6. The van der Waals surface area contributed by atoms with E-state index in [2.05, 4.69) is 33.9 Å². The fourth-order valence-corrected chi connectivity index (χ4v) is 3.74. The van der Waals surface area contributed by atoms with Crippen molar-refractivity contribution in [1.82, 2.24) is 9.97 Å². The monoisotopic (exact) mass is 444 g/mol. The summed E-state index contributed by atoms with van der Waals surface area (Å²) < 4.78 is 16.6. The molecule has 3 heterocycles. The SMILES string of the molecule is CCOC(=O)c1cc(C#Cc2ccc(CCCOC3CCCCO3)cc2)nc2ccncc12. The highest BCUT2D eigenvalue weighted by Gasteiger charge is 2.14. The van der Waals surface area contributed by atoms with E-state index in [9.17, 15) is 4.79 Å². The smallest absolute Gasteiger partial charge is 0.338 e. The first kappa shape index (κ1) is 22.9. The predicted molar refractivity (Wildman–Crippen MR) is 126 cm³/mol. The minimum Gasteiger partial charge on any atom is -0.462 e. The molecule has 1 unspecified atom stereocenters. The van der Waals surface area contributed by atoms with Crippen molar-refractivity contribution in [3.63, 3.8) is 0 Å². The van der Waals surface area contributed by atoms with Gasteiger partial charge in [0.15, 0.2) is 6.29 Å². The fraction of sp³-hybridized carbons (Fsp3) is 0.370. The first-order valence-electron chi connectivity index (χ1n) is 11.5. The van der Waals surface area contributed by atoms with E-state index in [0.717, 1.165) is 37.9 Å². The van der Waals surface area contributed by atoms with Gasteiger partial charge in [-0.3, -0.25) is 4.98 Å². The van der Waals surface area contributed by atoms with E-state index in [4.69, 9.17) is 14.2 Å². The number of pyridine rings is 2. The van der Waals surface area contributed by atoms with Crippen LogP contribution >= 0.6 is 0 Å². The molecule has 1 atom stereocenters. The molecule has 1 aliphatic heterocycles. The molecule has 3 aromatic rings. The van der Waals surface area contributed by atoms with E-state index in [-0.39, 0.29) is 6.29 Å². The van der Waals surface area contributed by atoms with E-state index in [1.165, 1.54) is 12.0 Å². The zero-order valence-electron chi connectivity index (χ0n) is 18.9. The molecule has 0 bridgehead atoms. The van der Waals surface area contributed by atoms with Gasteiger partial charge in [-0.15, -0.1) is 0 Å². The van der Waals surface area contributed by atoms with Crippen molar-refractivity contribution in [2.75, 3.05) is 19.8 Å². The molecule has 170 valence electrons. The Kier molecular flexibility index (Phi) is 8.02. The number of esters is 1. The highest BCUT2D eigenvalue weighted by Crippen LogP contribution is 2.18. The Bertz CT molecular complexity index is 1140. The van der Waals surface area contributed by atoms with Crippen LogP contribution in [-0.4, -0.2) is 42.0 Å². The lowest BCUT2D eigenvalue weighted by Crippen LogP contribution is -2.22. The second-order valence-corrected chi connectivity index (χ2v) is 7.89. The molecule has 1 aliphatic rings. The fourth-order valence-electron chi connectivity index (χ4n) is 3.74. The van der Waals surface area contributed by atoms with Crippen molar-refractivity contribution in [3.05, 3.63) is 71.2 Å². The Labute approximate surface area is 194 Å². The number of aromatic nitrogens is 2. The van der Waals surface area contributed by atoms with Crippen molar-refractivity contribution in [2.45, 2.75) is 45.3 Å². The van der Waals surface area contributed by atoms with Gasteiger partial charge in [-0.05, 0) is 74.8 Å². The molecule has 4 rings (SSSR count). The van der Waals surface area contributed by atoms with Crippen molar-refractivity contribution in [1.29, 1.82) is 0 Å². The van der Waals surface area contributed by atoms with Crippen LogP contribution in [0.15, 0.2) is 48.8 Å². The summed E-state index contributed by atoms with van der Waals surface area (Å²) in [5, 5.41) is 0.657. The van der Waals surface area contributed by atoms with Gasteiger partial charge in [-0.1, -0.05) is 18.1 Å². The number of nitrogens with zero attached hydrogens (tertiary/aromatic N) is 2. The Balaban J connectivity index is 1.39. The third-order valence-corrected chi connectivity index (χ3v) is 5.45. The summed E-state index contributed by atoms with van der Waals surface area (Å²) in [7, 11) is 0. The van der Waals surface area contributed by atoms with Gasteiger partial charge in [-0.25, -0.2) is 9.78 Å². The molecule has 1 saturated heterocycles. The van der Waals surface area contributed by atoms with Crippen LogP contribution in [0.5, 0.6) is 0 Å². The number of carbonyl (C=O) groups is 1. The molecular weight excluding hydrogens is 416 g/mol. The van der Waals surface area contributed by atoms with Crippen LogP contribution in [0.2, 0.25) is 0 Å². The molecule has 1 aromatic carbocycles. The third-order valence-electron chi connectivity index (χ3n) is 5.45. The number of aryl methyl sites for hydroxylation is 1. The number of hydrogen-bond acceptors (Lipinski definition) is 6. The van der Waals surface area contributed by atoms with Gasteiger partial charge in [0.2, 0.25) is 0 Å². The Hall–Kier alpha value is -3.27. The lowest BCUT2D eigenvalue weighted by molar-refractivity contribution is -0.162. The maximum Gasteiger partial charge on any atom is 0.338 e. The van der Waals surface area contributed by atoms with Gasteiger partial charge in [0, 0.05) is 30.0 Å². The average Bonchev–Trinajstić information content (AvgIpc) is 2.86. The third kappa shape index (κ3) is 6.38. The van der Waals surface area contributed by atoms with Gasteiger partial charge >= 0.3 is 5.97 Å². The molecule has 6 heteroatoms.